The summed E-state index contributed by atoms with van der Waals surface area (Å²) in [6.45, 7) is 3.98. The minimum Gasteiger partial charge on any atom is -0.495 e. The summed E-state index contributed by atoms with van der Waals surface area (Å²) < 4.78 is 7.12. The van der Waals surface area contributed by atoms with E-state index in [1.807, 2.05) is 61.0 Å². The molecule has 4 rings (SSSR count). The maximum absolute atomic E-state index is 13.3. The van der Waals surface area contributed by atoms with Crippen LogP contribution in [0, 0.1) is 6.92 Å². The number of carbonyl (C=O) groups excluding carboxylic acids is 1. The third kappa shape index (κ3) is 3.85. The second-order valence-electron chi connectivity index (χ2n) is 6.93. The molecule has 2 N–H and O–H groups in total. The first kappa shape index (κ1) is 20.6. The average molecular weight is 444 g/mol. The Balaban J connectivity index is 1.70. The Morgan fingerprint density at radius 2 is 2.10 bits per heavy atom. The third-order valence-corrected chi connectivity index (χ3v) is 6.53. The molecule has 0 unspecified atom stereocenters. The minimum atomic E-state index is -0.476. The zero-order chi connectivity index (χ0) is 21.3. The van der Waals surface area contributed by atoms with E-state index in [4.69, 9.17) is 16.3 Å². The number of aryl methyl sites for hydroxylation is 2. The highest BCUT2D eigenvalue weighted by molar-refractivity contribution is 8.00. The molecule has 9 heteroatoms. The molecule has 2 atom stereocenters. The predicted octanol–water partition coefficient (Wildman–Crippen LogP) is 4.21. The number of rotatable bonds is 5. The second-order valence-corrected chi connectivity index (χ2v) is 8.45. The van der Waals surface area contributed by atoms with Gasteiger partial charge in [0, 0.05) is 12.1 Å². The number of carbonyl (C=O) groups is 1. The van der Waals surface area contributed by atoms with Crippen LogP contribution >= 0.6 is 23.4 Å². The Kier molecular flexibility index (Phi) is 5.87. The van der Waals surface area contributed by atoms with Gasteiger partial charge in [-0.3, -0.25) is 4.79 Å². The first-order valence-electron chi connectivity index (χ1n) is 9.59. The molecule has 2 aromatic carbocycles. The predicted molar refractivity (Wildman–Crippen MR) is 119 cm³/mol. The van der Waals surface area contributed by atoms with Crippen molar-refractivity contribution in [2.24, 2.45) is 0 Å². The fraction of sp³-hybridized carbons (Fsp3) is 0.286. The van der Waals surface area contributed by atoms with Crippen LogP contribution in [0.1, 0.15) is 29.9 Å². The van der Waals surface area contributed by atoms with Crippen LogP contribution in [0.15, 0.2) is 47.6 Å². The molecule has 1 aromatic heterocycles. The van der Waals surface area contributed by atoms with E-state index in [1.165, 1.54) is 11.8 Å². The molecular formula is C21H22ClN5O2S. The van der Waals surface area contributed by atoms with Crippen LogP contribution in [-0.4, -0.2) is 33.1 Å². The van der Waals surface area contributed by atoms with Crippen LogP contribution in [0.2, 0.25) is 5.02 Å². The fourth-order valence-electron chi connectivity index (χ4n) is 3.37. The summed E-state index contributed by atoms with van der Waals surface area (Å²) in [5.41, 5.74) is 6.08. The lowest BCUT2D eigenvalue weighted by Gasteiger charge is -2.33. The number of halogens is 1. The average Bonchev–Trinajstić information content (AvgIpc) is 3.16. The number of methoxy groups -OCH3 is 1. The van der Waals surface area contributed by atoms with Gasteiger partial charge in [-0.15, -0.1) is 10.2 Å². The summed E-state index contributed by atoms with van der Waals surface area (Å²) in [5.74, 6) is 1.27. The molecule has 1 aliphatic heterocycles. The van der Waals surface area contributed by atoms with Crippen molar-refractivity contribution in [3.05, 3.63) is 64.4 Å². The van der Waals surface area contributed by atoms with E-state index < -0.39 is 5.25 Å². The Morgan fingerprint density at radius 3 is 2.80 bits per heavy atom. The van der Waals surface area contributed by atoms with E-state index in [2.05, 4.69) is 20.9 Å². The molecule has 7 nitrogen and oxygen atoms in total. The van der Waals surface area contributed by atoms with Crippen molar-refractivity contribution in [2.75, 3.05) is 17.9 Å². The number of aromatic nitrogens is 3. The molecule has 30 heavy (non-hydrogen) atoms. The summed E-state index contributed by atoms with van der Waals surface area (Å²) in [5, 5.41) is 12.2. The molecule has 3 aromatic rings. The lowest BCUT2D eigenvalue weighted by Crippen LogP contribution is -2.41. The quantitative estimate of drug-likeness (QED) is 0.614. The molecule has 0 spiro atoms. The number of benzene rings is 2. The van der Waals surface area contributed by atoms with Gasteiger partial charge < -0.3 is 15.5 Å². The summed E-state index contributed by atoms with van der Waals surface area (Å²) in [4.78, 5) is 13.3. The van der Waals surface area contributed by atoms with Gasteiger partial charge in [0.1, 0.15) is 11.0 Å². The van der Waals surface area contributed by atoms with E-state index in [9.17, 15) is 4.79 Å². The van der Waals surface area contributed by atoms with Crippen LogP contribution < -0.4 is 15.5 Å². The van der Waals surface area contributed by atoms with E-state index >= 15 is 0 Å². The number of anilines is 1. The smallest absolute Gasteiger partial charge is 0.240 e. The molecule has 0 bridgehead atoms. The number of ether oxygens (including phenoxy) is 1. The number of nitrogens with one attached hydrogen (secondary N) is 2. The number of nitrogens with zero attached hydrogens (tertiary/aromatic N) is 3. The topological polar surface area (TPSA) is 81.1 Å². The normalized spacial score (nSPS) is 17.7. The lowest BCUT2D eigenvalue weighted by atomic mass is 10.0. The van der Waals surface area contributed by atoms with E-state index in [0.29, 0.717) is 15.9 Å². The van der Waals surface area contributed by atoms with Crippen LogP contribution in [0.5, 0.6) is 5.75 Å². The van der Waals surface area contributed by atoms with Crippen molar-refractivity contribution >= 4 is 35.0 Å². The van der Waals surface area contributed by atoms with Gasteiger partial charge in [-0.2, -0.15) is 0 Å². The Bertz CT molecular complexity index is 1090. The maximum atomic E-state index is 13.3. The Morgan fingerprint density at radius 1 is 1.30 bits per heavy atom. The molecule has 0 saturated heterocycles. The number of hydrogen-bond donors (Lipinski definition) is 2. The first-order chi connectivity index (χ1) is 14.5. The molecule has 0 fully saturated rings. The number of para-hydroxylation sites is 1. The second kappa shape index (κ2) is 8.57. The number of fused-ring (bicyclic) bond motifs is 1. The number of hydrogen-bond acceptors (Lipinski definition) is 6. The van der Waals surface area contributed by atoms with Gasteiger partial charge in [0.25, 0.3) is 0 Å². The highest BCUT2D eigenvalue weighted by Gasteiger charge is 2.38. The molecule has 0 radical (unpaired) electrons. The molecule has 0 saturated carbocycles. The summed E-state index contributed by atoms with van der Waals surface area (Å²) >= 11 is 7.76. The standard InChI is InChI=1S/C21H22ClN5O2S/c1-4-17-24-25-21-27(17)26-18(13-9-10-16(29-3)14(22)11-13)19(30-21)20(28)23-15-8-6-5-7-12(15)2/h5-11,18-19,26H,4H2,1-3H3,(H,23,28)/t18-,19-/m1/s1. The number of thioether (sulfide) groups is 1. The van der Waals surface area contributed by atoms with Gasteiger partial charge in [0.2, 0.25) is 11.1 Å². The minimum absolute atomic E-state index is 0.119. The maximum Gasteiger partial charge on any atom is 0.240 e. The monoisotopic (exact) mass is 443 g/mol. The zero-order valence-corrected chi connectivity index (χ0v) is 18.4. The van der Waals surface area contributed by atoms with Gasteiger partial charge in [-0.05, 0) is 36.2 Å². The van der Waals surface area contributed by atoms with E-state index in [0.717, 1.165) is 29.1 Å². The Hall–Kier alpha value is -2.71. The van der Waals surface area contributed by atoms with Crippen LogP contribution in [-0.2, 0) is 11.2 Å². The van der Waals surface area contributed by atoms with Gasteiger partial charge in [0.15, 0.2) is 5.82 Å². The first-order valence-corrected chi connectivity index (χ1v) is 10.8. The van der Waals surface area contributed by atoms with Gasteiger partial charge in [-0.1, -0.05) is 54.6 Å². The summed E-state index contributed by atoms with van der Waals surface area (Å²) in [7, 11) is 1.57. The number of amides is 1. The van der Waals surface area contributed by atoms with Crippen molar-refractivity contribution in [1.29, 1.82) is 0 Å². The van der Waals surface area contributed by atoms with Crippen LogP contribution in [0.25, 0.3) is 0 Å². The molecule has 156 valence electrons. The van der Waals surface area contributed by atoms with Gasteiger partial charge >= 0.3 is 0 Å². The SMILES string of the molecule is CCc1nnc2n1N[C@H](c1ccc(OC)c(Cl)c1)[C@H](C(=O)Nc1ccccc1C)S2. The largest absolute Gasteiger partial charge is 0.495 e. The molecule has 0 aliphatic carbocycles. The third-order valence-electron chi connectivity index (χ3n) is 5.02. The van der Waals surface area contributed by atoms with E-state index in [1.54, 1.807) is 7.11 Å². The molecule has 1 aliphatic rings. The van der Waals surface area contributed by atoms with Crippen LogP contribution in [0.3, 0.4) is 0 Å². The van der Waals surface area contributed by atoms with Crippen molar-refractivity contribution in [2.45, 2.75) is 36.7 Å². The molecular weight excluding hydrogens is 422 g/mol. The van der Waals surface area contributed by atoms with Crippen molar-refractivity contribution in [3.63, 3.8) is 0 Å². The Labute approximate surface area is 184 Å². The highest BCUT2D eigenvalue weighted by atomic mass is 35.5. The molecule has 2 heterocycles. The molecule has 1 amide bonds. The van der Waals surface area contributed by atoms with Crippen molar-refractivity contribution < 1.29 is 9.53 Å². The highest BCUT2D eigenvalue weighted by Crippen LogP contribution is 2.39. The summed E-state index contributed by atoms with van der Waals surface area (Å²) in [6, 6.07) is 12.9. The van der Waals surface area contributed by atoms with Gasteiger partial charge in [-0.25, -0.2) is 4.68 Å². The fourth-order valence-corrected chi connectivity index (χ4v) is 4.74. The zero-order valence-electron chi connectivity index (χ0n) is 16.8. The van der Waals surface area contributed by atoms with E-state index in [-0.39, 0.29) is 11.9 Å². The van der Waals surface area contributed by atoms with Crippen LogP contribution in [0.4, 0.5) is 5.69 Å². The lowest BCUT2D eigenvalue weighted by molar-refractivity contribution is -0.116. The summed E-state index contributed by atoms with van der Waals surface area (Å²) in [6.07, 6.45) is 0.719. The van der Waals surface area contributed by atoms with Gasteiger partial charge in [0.05, 0.1) is 18.2 Å². The van der Waals surface area contributed by atoms with Crippen molar-refractivity contribution in [1.82, 2.24) is 14.9 Å². The van der Waals surface area contributed by atoms with Crippen molar-refractivity contribution in [3.8, 4) is 5.75 Å².